The SMILES string of the molecule is N#CC1(F)C=CCC=C1C(F)(F)F. The summed E-state index contributed by atoms with van der Waals surface area (Å²) in [5.41, 5.74) is -4.44. The molecule has 0 heterocycles. The van der Waals surface area contributed by atoms with E-state index in [2.05, 4.69) is 0 Å². The van der Waals surface area contributed by atoms with Crippen molar-refractivity contribution in [1.82, 2.24) is 0 Å². The van der Waals surface area contributed by atoms with E-state index in [1.165, 1.54) is 6.08 Å². The Kier molecular flexibility index (Phi) is 2.16. The maximum Gasteiger partial charge on any atom is 0.416 e. The first-order valence-electron chi connectivity index (χ1n) is 3.46. The molecule has 0 spiro atoms. The first kappa shape index (κ1) is 9.78. The van der Waals surface area contributed by atoms with Gasteiger partial charge >= 0.3 is 6.18 Å². The maximum atomic E-state index is 13.2. The fourth-order valence-corrected chi connectivity index (χ4v) is 1.07. The van der Waals surface area contributed by atoms with E-state index in [0.717, 1.165) is 6.07 Å². The minimum absolute atomic E-state index is 0.00218. The minimum atomic E-state index is -4.78. The highest BCUT2D eigenvalue weighted by Crippen LogP contribution is 2.39. The van der Waals surface area contributed by atoms with Crippen molar-refractivity contribution in [2.24, 2.45) is 0 Å². The molecule has 0 aromatic heterocycles. The Morgan fingerprint density at radius 3 is 2.46 bits per heavy atom. The molecule has 0 bridgehead atoms. The van der Waals surface area contributed by atoms with Gasteiger partial charge in [-0.3, -0.25) is 0 Å². The van der Waals surface area contributed by atoms with Crippen LogP contribution in [0.1, 0.15) is 6.42 Å². The van der Waals surface area contributed by atoms with Gasteiger partial charge in [0.1, 0.15) is 6.07 Å². The number of rotatable bonds is 0. The van der Waals surface area contributed by atoms with Crippen molar-refractivity contribution in [2.75, 3.05) is 0 Å². The summed E-state index contributed by atoms with van der Waals surface area (Å²) < 4.78 is 49.6. The average molecular weight is 191 g/mol. The van der Waals surface area contributed by atoms with Crippen LogP contribution in [0.4, 0.5) is 17.6 Å². The minimum Gasteiger partial charge on any atom is -0.217 e. The summed E-state index contributed by atoms with van der Waals surface area (Å²) in [6, 6.07) is 0.995. The Morgan fingerprint density at radius 1 is 1.46 bits per heavy atom. The number of halogens is 4. The van der Waals surface area contributed by atoms with Gasteiger partial charge < -0.3 is 0 Å². The van der Waals surface area contributed by atoms with Crippen molar-refractivity contribution >= 4 is 0 Å². The van der Waals surface area contributed by atoms with Crippen LogP contribution in [0.25, 0.3) is 0 Å². The van der Waals surface area contributed by atoms with Crippen molar-refractivity contribution in [3.63, 3.8) is 0 Å². The average Bonchev–Trinajstić information content (AvgIpc) is 2.03. The number of alkyl halides is 4. The molecule has 13 heavy (non-hydrogen) atoms. The van der Waals surface area contributed by atoms with Crippen LogP contribution in [-0.4, -0.2) is 11.8 Å². The molecule has 1 atom stereocenters. The topological polar surface area (TPSA) is 23.8 Å². The Labute approximate surface area is 72.0 Å². The van der Waals surface area contributed by atoms with Crippen molar-refractivity contribution in [1.29, 1.82) is 5.26 Å². The van der Waals surface area contributed by atoms with Gasteiger partial charge in [0, 0.05) is 0 Å². The quantitative estimate of drug-likeness (QED) is 0.426. The second-order valence-corrected chi connectivity index (χ2v) is 2.58. The van der Waals surface area contributed by atoms with Gasteiger partial charge in [-0.2, -0.15) is 18.4 Å². The fraction of sp³-hybridized carbons (Fsp3) is 0.375. The highest BCUT2D eigenvalue weighted by Gasteiger charge is 2.48. The zero-order chi connectivity index (χ0) is 10.1. The number of hydrogen-bond acceptors (Lipinski definition) is 1. The molecule has 0 amide bonds. The Hall–Kier alpha value is -1.31. The molecule has 0 N–H and O–H groups in total. The van der Waals surface area contributed by atoms with Crippen LogP contribution < -0.4 is 0 Å². The summed E-state index contributed by atoms with van der Waals surface area (Å²) in [4.78, 5) is 0. The summed E-state index contributed by atoms with van der Waals surface area (Å²) in [5.74, 6) is 0. The summed E-state index contributed by atoms with van der Waals surface area (Å²) in [6.07, 6.45) is -2.27. The predicted molar refractivity (Wildman–Crippen MR) is 37.3 cm³/mol. The Balaban J connectivity index is 3.11. The third-order valence-electron chi connectivity index (χ3n) is 1.67. The molecule has 5 heteroatoms. The van der Waals surface area contributed by atoms with Gasteiger partial charge in [0.2, 0.25) is 5.67 Å². The van der Waals surface area contributed by atoms with Crippen LogP contribution in [-0.2, 0) is 0 Å². The van der Waals surface area contributed by atoms with Crippen LogP contribution >= 0.6 is 0 Å². The smallest absolute Gasteiger partial charge is 0.217 e. The monoisotopic (exact) mass is 191 g/mol. The lowest BCUT2D eigenvalue weighted by atomic mass is 9.91. The lowest BCUT2D eigenvalue weighted by molar-refractivity contribution is -0.103. The molecule has 1 aliphatic carbocycles. The van der Waals surface area contributed by atoms with Crippen molar-refractivity contribution in [3.8, 4) is 6.07 Å². The largest absolute Gasteiger partial charge is 0.416 e. The van der Waals surface area contributed by atoms with E-state index < -0.39 is 17.4 Å². The molecular weight excluding hydrogens is 186 g/mol. The predicted octanol–water partition coefficient (Wildman–Crippen LogP) is 2.67. The van der Waals surface area contributed by atoms with E-state index >= 15 is 0 Å². The first-order valence-corrected chi connectivity index (χ1v) is 3.46. The van der Waals surface area contributed by atoms with Gasteiger partial charge in [0.05, 0.1) is 5.57 Å². The van der Waals surface area contributed by atoms with Crippen molar-refractivity contribution in [2.45, 2.75) is 18.3 Å². The second-order valence-electron chi connectivity index (χ2n) is 2.58. The molecule has 0 radical (unpaired) electrons. The fourth-order valence-electron chi connectivity index (χ4n) is 1.07. The van der Waals surface area contributed by atoms with E-state index in [0.29, 0.717) is 12.2 Å². The summed E-state index contributed by atoms with van der Waals surface area (Å²) in [6.45, 7) is 0. The molecule has 1 unspecified atom stereocenters. The van der Waals surface area contributed by atoms with Gasteiger partial charge in [0.25, 0.3) is 0 Å². The lowest BCUT2D eigenvalue weighted by Gasteiger charge is -2.22. The van der Waals surface area contributed by atoms with Crippen LogP contribution in [0, 0.1) is 11.3 Å². The van der Waals surface area contributed by atoms with Crippen molar-refractivity contribution in [3.05, 3.63) is 23.8 Å². The molecule has 0 fully saturated rings. The maximum absolute atomic E-state index is 13.2. The summed E-state index contributed by atoms with van der Waals surface area (Å²) >= 11 is 0. The zero-order valence-corrected chi connectivity index (χ0v) is 6.40. The molecule has 1 nitrogen and oxygen atoms in total. The summed E-state index contributed by atoms with van der Waals surface area (Å²) in [5, 5.41) is 8.27. The summed E-state index contributed by atoms with van der Waals surface area (Å²) in [7, 11) is 0. The molecule has 0 aromatic rings. The zero-order valence-electron chi connectivity index (χ0n) is 6.40. The van der Waals surface area contributed by atoms with E-state index in [9.17, 15) is 17.6 Å². The van der Waals surface area contributed by atoms with Gasteiger partial charge in [0.15, 0.2) is 0 Å². The van der Waals surface area contributed by atoms with E-state index in [1.54, 1.807) is 0 Å². The molecule has 0 saturated heterocycles. The number of nitriles is 1. The van der Waals surface area contributed by atoms with Gasteiger partial charge in [-0.1, -0.05) is 12.2 Å². The number of allylic oxidation sites excluding steroid dienone is 4. The standard InChI is InChI=1S/C8H5F4N/c9-7(5-13)4-2-1-3-6(7)8(10,11)12/h2-4H,1H2. The molecule has 1 aliphatic rings. The molecular formula is C8H5F4N. The van der Waals surface area contributed by atoms with Gasteiger partial charge in [-0.05, 0) is 12.5 Å². The molecule has 0 aliphatic heterocycles. The van der Waals surface area contributed by atoms with Crippen LogP contribution in [0.2, 0.25) is 0 Å². The second kappa shape index (κ2) is 2.87. The number of hydrogen-bond donors (Lipinski definition) is 0. The Morgan fingerprint density at radius 2 is 2.08 bits per heavy atom. The normalized spacial score (nSPS) is 28.1. The van der Waals surface area contributed by atoms with E-state index in [4.69, 9.17) is 5.26 Å². The highest BCUT2D eigenvalue weighted by molar-refractivity contribution is 5.40. The third kappa shape index (κ3) is 1.72. The van der Waals surface area contributed by atoms with Crippen LogP contribution in [0.5, 0.6) is 0 Å². The third-order valence-corrected chi connectivity index (χ3v) is 1.67. The number of nitrogens with zero attached hydrogens (tertiary/aromatic N) is 1. The van der Waals surface area contributed by atoms with E-state index in [1.807, 2.05) is 0 Å². The van der Waals surface area contributed by atoms with E-state index in [-0.39, 0.29) is 6.42 Å². The van der Waals surface area contributed by atoms with Gasteiger partial charge in [-0.25, -0.2) is 4.39 Å². The van der Waals surface area contributed by atoms with Crippen molar-refractivity contribution < 1.29 is 17.6 Å². The molecule has 1 rings (SSSR count). The highest BCUT2D eigenvalue weighted by atomic mass is 19.4. The van der Waals surface area contributed by atoms with Gasteiger partial charge in [-0.15, -0.1) is 0 Å². The molecule has 0 saturated carbocycles. The first-order chi connectivity index (χ1) is 5.90. The molecule has 0 aromatic carbocycles. The lowest BCUT2D eigenvalue weighted by Crippen LogP contribution is -2.32. The van der Waals surface area contributed by atoms with Crippen LogP contribution in [0.15, 0.2) is 23.8 Å². The Bertz CT molecular complexity index is 307. The van der Waals surface area contributed by atoms with Crippen LogP contribution in [0.3, 0.4) is 0 Å². The molecule has 70 valence electrons.